The van der Waals surface area contributed by atoms with Crippen LogP contribution >= 0.6 is 11.6 Å². The number of hydrogen-bond acceptors (Lipinski definition) is 2. The Labute approximate surface area is 103 Å². The minimum Gasteiger partial charge on any atom is -0.385 e. The van der Waals surface area contributed by atoms with Gasteiger partial charge in [-0.2, -0.15) is 0 Å². The van der Waals surface area contributed by atoms with Crippen LogP contribution in [0.2, 0.25) is 0 Å². The van der Waals surface area contributed by atoms with Crippen LogP contribution in [0, 0.1) is 6.92 Å². The first kappa shape index (κ1) is 13.3. The lowest BCUT2D eigenvalue weighted by atomic mass is 10.1. The van der Waals surface area contributed by atoms with Crippen molar-refractivity contribution < 1.29 is 4.74 Å². The Balaban J connectivity index is 2.70. The fourth-order valence-electron chi connectivity index (χ4n) is 1.76. The Morgan fingerprint density at radius 1 is 1.38 bits per heavy atom. The smallest absolute Gasteiger partial charge is 0.0494 e. The Kier molecular flexibility index (Phi) is 5.64. The highest BCUT2D eigenvalue weighted by Gasteiger charge is 2.06. The molecule has 0 atom stereocenters. The fourth-order valence-corrected chi connectivity index (χ4v) is 1.97. The van der Waals surface area contributed by atoms with E-state index in [-0.39, 0.29) is 0 Å². The van der Waals surface area contributed by atoms with Crippen LogP contribution in [0.3, 0.4) is 0 Å². The highest BCUT2D eigenvalue weighted by atomic mass is 35.5. The van der Waals surface area contributed by atoms with Crippen molar-refractivity contribution >= 4 is 17.3 Å². The van der Waals surface area contributed by atoms with Gasteiger partial charge in [0.15, 0.2) is 0 Å². The summed E-state index contributed by atoms with van der Waals surface area (Å²) in [6.07, 6.45) is 1.03. The summed E-state index contributed by atoms with van der Waals surface area (Å²) in [7, 11) is 3.83. The molecule has 0 aliphatic rings. The lowest BCUT2D eigenvalue weighted by Gasteiger charge is -2.22. The molecule has 0 unspecified atom stereocenters. The molecular formula is C13H20ClNO. The monoisotopic (exact) mass is 241 g/mol. The number of rotatable bonds is 6. The van der Waals surface area contributed by atoms with Gasteiger partial charge in [0.05, 0.1) is 0 Å². The largest absolute Gasteiger partial charge is 0.385 e. The van der Waals surface area contributed by atoms with Crippen LogP contribution in [-0.4, -0.2) is 27.3 Å². The molecule has 0 saturated heterocycles. The highest BCUT2D eigenvalue weighted by Crippen LogP contribution is 2.22. The molecule has 16 heavy (non-hydrogen) atoms. The average molecular weight is 242 g/mol. The van der Waals surface area contributed by atoms with Crippen molar-refractivity contribution in [1.82, 2.24) is 0 Å². The Morgan fingerprint density at radius 3 is 2.75 bits per heavy atom. The van der Waals surface area contributed by atoms with Crippen LogP contribution in [0.15, 0.2) is 18.2 Å². The molecule has 1 rings (SSSR count). The van der Waals surface area contributed by atoms with Crippen LogP contribution in [0.5, 0.6) is 0 Å². The number of ether oxygens (including phenoxy) is 1. The molecule has 0 bridgehead atoms. The predicted molar refractivity (Wildman–Crippen MR) is 70.5 cm³/mol. The van der Waals surface area contributed by atoms with Crippen LogP contribution in [-0.2, 0) is 10.6 Å². The van der Waals surface area contributed by atoms with E-state index in [9.17, 15) is 0 Å². The first-order chi connectivity index (χ1) is 7.69. The Morgan fingerprint density at radius 2 is 2.12 bits per heavy atom. The van der Waals surface area contributed by atoms with Gasteiger partial charge in [-0.15, -0.1) is 11.6 Å². The molecule has 0 saturated carbocycles. The quantitative estimate of drug-likeness (QED) is 0.560. The lowest BCUT2D eigenvalue weighted by molar-refractivity contribution is 0.196. The second-order valence-electron chi connectivity index (χ2n) is 4.03. The summed E-state index contributed by atoms with van der Waals surface area (Å²) in [5.74, 6) is 0.561. The zero-order chi connectivity index (χ0) is 12.0. The van der Waals surface area contributed by atoms with E-state index in [1.807, 2.05) is 0 Å². The molecule has 0 N–H and O–H groups in total. The van der Waals surface area contributed by atoms with Crippen molar-refractivity contribution in [1.29, 1.82) is 0 Å². The van der Waals surface area contributed by atoms with E-state index < -0.39 is 0 Å². The van der Waals surface area contributed by atoms with Gasteiger partial charge in [-0.25, -0.2) is 0 Å². The molecule has 90 valence electrons. The van der Waals surface area contributed by atoms with Crippen LogP contribution in [0.4, 0.5) is 5.69 Å². The maximum absolute atomic E-state index is 5.96. The molecule has 0 aliphatic heterocycles. The second kappa shape index (κ2) is 6.77. The van der Waals surface area contributed by atoms with Gasteiger partial charge < -0.3 is 9.64 Å². The maximum Gasteiger partial charge on any atom is 0.0494 e. The third-order valence-corrected chi connectivity index (χ3v) is 2.92. The molecule has 0 heterocycles. The van der Waals surface area contributed by atoms with Crippen molar-refractivity contribution in [2.24, 2.45) is 0 Å². The van der Waals surface area contributed by atoms with Gasteiger partial charge in [0.1, 0.15) is 0 Å². The number of hydrogen-bond donors (Lipinski definition) is 0. The van der Waals surface area contributed by atoms with Crippen molar-refractivity contribution in [3.8, 4) is 0 Å². The molecule has 0 aromatic heterocycles. The van der Waals surface area contributed by atoms with E-state index in [1.54, 1.807) is 7.11 Å². The van der Waals surface area contributed by atoms with Crippen molar-refractivity contribution in [2.75, 3.05) is 32.2 Å². The third kappa shape index (κ3) is 3.69. The maximum atomic E-state index is 5.96. The number of benzene rings is 1. The van der Waals surface area contributed by atoms with Crippen LogP contribution in [0.25, 0.3) is 0 Å². The van der Waals surface area contributed by atoms with Gasteiger partial charge in [0.25, 0.3) is 0 Å². The standard InChI is InChI=1S/C13H20ClNO/c1-11-5-6-13(12(9-11)10-14)15(2)7-4-8-16-3/h5-6,9H,4,7-8,10H2,1-3H3. The summed E-state index contributed by atoms with van der Waals surface area (Å²) >= 11 is 5.96. The third-order valence-electron chi connectivity index (χ3n) is 2.63. The topological polar surface area (TPSA) is 12.5 Å². The Hall–Kier alpha value is -0.730. The molecule has 0 aliphatic carbocycles. The predicted octanol–water partition coefficient (Wildman–Crippen LogP) is 3.21. The summed E-state index contributed by atoms with van der Waals surface area (Å²) < 4.78 is 5.05. The van der Waals surface area contributed by atoms with Crippen LogP contribution < -0.4 is 4.90 Å². The summed E-state index contributed by atoms with van der Waals surface area (Å²) in [5.41, 5.74) is 3.67. The first-order valence-corrected chi connectivity index (χ1v) is 6.08. The highest BCUT2D eigenvalue weighted by molar-refractivity contribution is 6.17. The van der Waals surface area contributed by atoms with Gasteiger partial charge in [0, 0.05) is 38.9 Å². The summed E-state index contributed by atoms with van der Waals surface area (Å²) in [6, 6.07) is 6.41. The van der Waals surface area contributed by atoms with Crippen LogP contribution in [0.1, 0.15) is 17.5 Å². The van der Waals surface area contributed by atoms with E-state index in [4.69, 9.17) is 16.3 Å². The molecule has 3 heteroatoms. The van der Waals surface area contributed by atoms with Crippen molar-refractivity contribution in [3.05, 3.63) is 29.3 Å². The number of nitrogens with zero attached hydrogens (tertiary/aromatic N) is 1. The zero-order valence-corrected chi connectivity index (χ0v) is 11.0. The molecule has 0 spiro atoms. The normalized spacial score (nSPS) is 10.5. The van der Waals surface area contributed by atoms with Crippen molar-refractivity contribution in [2.45, 2.75) is 19.2 Å². The summed E-state index contributed by atoms with van der Waals surface area (Å²) in [4.78, 5) is 2.23. The van der Waals surface area contributed by atoms with Gasteiger partial charge in [-0.1, -0.05) is 17.7 Å². The molecule has 0 fully saturated rings. The molecule has 1 aromatic rings. The molecular weight excluding hydrogens is 222 g/mol. The fraction of sp³-hybridized carbons (Fsp3) is 0.538. The van der Waals surface area contributed by atoms with E-state index >= 15 is 0 Å². The zero-order valence-electron chi connectivity index (χ0n) is 10.3. The SMILES string of the molecule is COCCCN(C)c1ccc(C)cc1CCl. The van der Waals surface area contributed by atoms with E-state index in [0.29, 0.717) is 5.88 Å². The van der Waals surface area contributed by atoms with Gasteiger partial charge in [0.2, 0.25) is 0 Å². The van der Waals surface area contributed by atoms with Gasteiger partial charge >= 0.3 is 0 Å². The van der Waals surface area contributed by atoms with E-state index in [2.05, 4.69) is 37.1 Å². The second-order valence-corrected chi connectivity index (χ2v) is 4.30. The first-order valence-electron chi connectivity index (χ1n) is 5.54. The Bertz CT molecular complexity index is 328. The number of alkyl halides is 1. The molecule has 2 nitrogen and oxygen atoms in total. The number of halogens is 1. The van der Waals surface area contributed by atoms with E-state index in [1.165, 1.54) is 16.8 Å². The molecule has 0 amide bonds. The minimum atomic E-state index is 0.561. The van der Waals surface area contributed by atoms with Gasteiger partial charge in [-0.05, 0) is 25.0 Å². The van der Waals surface area contributed by atoms with E-state index in [0.717, 1.165) is 19.6 Å². The molecule has 0 radical (unpaired) electrons. The number of methoxy groups -OCH3 is 1. The lowest BCUT2D eigenvalue weighted by Crippen LogP contribution is -2.20. The van der Waals surface area contributed by atoms with Crippen molar-refractivity contribution in [3.63, 3.8) is 0 Å². The summed E-state index contributed by atoms with van der Waals surface area (Å²) in [6.45, 7) is 3.87. The number of anilines is 1. The average Bonchev–Trinajstić information content (AvgIpc) is 2.29. The molecule has 1 aromatic carbocycles. The number of aryl methyl sites for hydroxylation is 1. The minimum absolute atomic E-state index is 0.561. The summed E-state index contributed by atoms with van der Waals surface area (Å²) in [5, 5.41) is 0. The van der Waals surface area contributed by atoms with Gasteiger partial charge in [-0.3, -0.25) is 0 Å².